The highest BCUT2D eigenvalue weighted by Gasteiger charge is 2.25. The Morgan fingerprint density at radius 1 is 0.727 bits per heavy atom. The molecule has 5 aromatic carbocycles. The van der Waals surface area contributed by atoms with Crippen molar-refractivity contribution in [2.24, 2.45) is 5.41 Å². The van der Waals surface area contributed by atoms with E-state index < -0.39 is 0 Å². The molecule has 0 saturated heterocycles. The zero-order valence-electron chi connectivity index (χ0n) is 19.4. The van der Waals surface area contributed by atoms with Gasteiger partial charge in [-0.25, -0.2) is 0 Å². The maximum Gasteiger partial charge on any atom is 0.143 e. The van der Waals surface area contributed by atoms with Crippen LogP contribution in [0.4, 0.5) is 0 Å². The molecule has 0 aliphatic carbocycles. The minimum Gasteiger partial charge on any atom is -0.460 e. The Hall–Kier alpha value is -3.65. The van der Waals surface area contributed by atoms with Gasteiger partial charge in [-0.3, -0.25) is 4.98 Å². The fourth-order valence-electron chi connectivity index (χ4n) is 5.82. The van der Waals surface area contributed by atoms with Gasteiger partial charge in [0.2, 0.25) is 0 Å². The van der Waals surface area contributed by atoms with Gasteiger partial charge >= 0.3 is 0 Å². The van der Waals surface area contributed by atoms with Gasteiger partial charge < -0.3 is 4.42 Å². The van der Waals surface area contributed by atoms with Gasteiger partial charge in [0.25, 0.3) is 0 Å². The highest BCUT2D eigenvalue weighted by atomic mass is 16.3. The normalized spacial score (nSPS) is 13.0. The molecule has 7 aromatic rings. The van der Waals surface area contributed by atoms with E-state index >= 15 is 0 Å². The van der Waals surface area contributed by atoms with Crippen LogP contribution >= 0.6 is 0 Å². The predicted molar refractivity (Wildman–Crippen MR) is 141 cm³/mol. The van der Waals surface area contributed by atoms with Crippen molar-refractivity contribution >= 4 is 65.0 Å². The molecule has 0 fully saturated rings. The van der Waals surface area contributed by atoms with Gasteiger partial charge in [-0.05, 0) is 63.9 Å². The Bertz CT molecular complexity index is 1880. The summed E-state index contributed by atoms with van der Waals surface area (Å²) in [5, 5.41) is 12.5. The topological polar surface area (TPSA) is 26.0 Å². The molecule has 2 aromatic heterocycles. The third-order valence-corrected chi connectivity index (χ3v) is 7.13. The summed E-state index contributed by atoms with van der Waals surface area (Å²) < 4.78 is 6.52. The molecule has 2 heteroatoms. The monoisotopic (exact) mass is 427 g/mol. The molecule has 2 heterocycles. The van der Waals surface area contributed by atoms with Crippen LogP contribution in [-0.4, -0.2) is 4.98 Å². The summed E-state index contributed by atoms with van der Waals surface area (Å²) in [6.45, 7) is 9.01. The van der Waals surface area contributed by atoms with Crippen molar-refractivity contribution in [2.45, 2.75) is 34.1 Å². The van der Waals surface area contributed by atoms with Crippen LogP contribution in [-0.2, 0) is 6.42 Å². The largest absolute Gasteiger partial charge is 0.460 e. The summed E-state index contributed by atoms with van der Waals surface area (Å²) >= 11 is 0. The number of hydrogen-bond donors (Lipinski definition) is 0. The number of fused-ring (bicyclic) bond motifs is 7. The lowest BCUT2D eigenvalue weighted by molar-refractivity contribution is 0.407. The minimum atomic E-state index is 0.173. The minimum absolute atomic E-state index is 0.173. The lowest BCUT2D eigenvalue weighted by Crippen LogP contribution is -2.09. The third kappa shape index (κ3) is 2.52. The van der Waals surface area contributed by atoms with Crippen molar-refractivity contribution in [3.05, 3.63) is 78.2 Å². The van der Waals surface area contributed by atoms with Crippen LogP contribution < -0.4 is 0 Å². The van der Waals surface area contributed by atoms with E-state index in [0.29, 0.717) is 0 Å². The quantitative estimate of drug-likeness (QED) is 0.193. The van der Waals surface area contributed by atoms with Gasteiger partial charge in [0.15, 0.2) is 0 Å². The second kappa shape index (κ2) is 6.23. The number of aryl methyl sites for hydroxylation is 1. The fraction of sp³-hybridized carbons (Fsp3) is 0.194. The van der Waals surface area contributed by atoms with E-state index in [0.717, 1.165) is 28.7 Å². The van der Waals surface area contributed by atoms with E-state index in [1.807, 2.05) is 6.20 Å². The van der Waals surface area contributed by atoms with Gasteiger partial charge in [-0.1, -0.05) is 63.2 Å². The first-order valence-electron chi connectivity index (χ1n) is 11.7. The first-order valence-corrected chi connectivity index (χ1v) is 11.7. The number of hydrogen-bond acceptors (Lipinski definition) is 2. The molecule has 0 unspecified atom stereocenters. The van der Waals surface area contributed by atoms with Crippen LogP contribution in [0.2, 0.25) is 0 Å². The highest BCUT2D eigenvalue weighted by Crippen LogP contribution is 2.47. The van der Waals surface area contributed by atoms with Gasteiger partial charge in [0.1, 0.15) is 11.3 Å². The smallest absolute Gasteiger partial charge is 0.143 e. The number of nitrogens with zero attached hydrogens (tertiary/aromatic N) is 1. The Morgan fingerprint density at radius 2 is 1.45 bits per heavy atom. The molecule has 0 radical (unpaired) electrons. The average Bonchev–Trinajstić information content (AvgIpc) is 3.12. The van der Waals surface area contributed by atoms with Crippen molar-refractivity contribution in [2.75, 3.05) is 0 Å². The lowest BCUT2D eigenvalue weighted by atomic mass is 9.84. The van der Waals surface area contributed by atoms with Crippen molar-refractivity contribution in [1.29, 1.82) is 0 Å². The fourth-order valence-corrected chi connectivity index (χ4v) is 5.82. The first-order chi connectivity index (χ1) is 15.9. The van der Waals surface area contributed by atoms with Crippen LogP contribution in [0.5, 0.6) is 0 Å². The molecule has 160 valence electrons. The first kappa shape index (κ1) is 18.9. The molecule has 0 amide bonds. The van der Waals surface area contributed by atoms with Crippen LogP contribution in [0.3, 0.4) is 0 Å². The molecule has 0 N–H and O–H groups in total. The summed E-state index contributed by atoms with van der Waals surface area (Å²) in [6.07, 6.45) is 2.92. The van der Waals surface area contributed by atoms with Gasteiger partial charge in [0, 0.05) is 38.7 Å². The highest BCUT2D eigenvalue weighted by molar-refractivity contribution is 6.39. The lowest BCUT2D eigenvalue weighted by Gasteiger charge is -2.19. The van der Waals surface area contributed by atoms with Crippen LogP contribution in [0, 0.1) is 12.3 Å². The van der Waals surface area contributed by atoms with E-state index in [4.69, 9.17) is 9.40 Å². The molecule has 0 atom stereocenters. The SMILES string of the molecule is Cc1oc2c3ccnc4c5cc6ccccc6cc5c5cccc(c2c1CC(C)(C)C)c5c34. The number of aromatic nitrogens is 1. The van der Waals surface area contributed by atoms with Crippen LogP contribution in [0.25, 0.3) is 65.0 Å². The van der Waals surface area contributed by atoms with Crippen molar-refractivity contribution in [1.82, 2.24) is 4.98 Å². The van der Waals surface area contributed by atoms with E-state index in [1.54, 1.807) is 0 Å². The Labute approximate surface area is 192 Å². The van der Waals surface area contributed by atoms with Crippen LogP contribution in [0.15, 0.2) is 71.3 Å². The van der Waals surface area contributed by atoms with Crippen molar-refractivity contribution in [3.63, 3.8) is 0 Å². The molecule has 0 bridgehead atoms. The predicted octanol–water partition coefficient (Wildman–Crippen LogP) is 8.93. The zero-order chi connectivity index (χ0) is 22.5. The zero-order valence-corrected chi connectivity index (χ0v) is 19.4. The van der Waals surface area contributed by atoms with Crippen molar-refractivity contribution in [3.8, 4) is 0 Å². The Kier molecular flexibility index (Phi) is 3.56. The summed E-state index contributed by atoms with van der Waals surface area (Å²) in [4.78, 5) is 4.92. The van der Waals surface area contributed by atoms with Gasteiger partial charge in [-0.15, -0.1) is 0 Å². The number of pyridine rings is 1. The molecule has 7 rings (SSSR count). The number of benzene rings is 5. The molecule has 0 aliphatic rings. The molecular weight excluding hydrogens is 402 g/mol. The summed E-state index contributed by atoms with van der Waals surface area (Å²) in [7, 11) is 0. The maximum atomic E-state index is 6.52. The Morgan fingerprint density at radius 3 is 2.21 bits per heavy atom. The maximum absolute atomic E-state index is 6.52. The molecule has 2 nitrogen and oxygen atoms in total. The van der Waals surface area contributed by atoms with Crippen molar-refractivity contribution < 1.29 is 4.42 Å². The number of rotatable bonds is 1. The second-order valence-electron chi connectivity index (χ2n) is 10.6. The van der Waals surface area contributed by atoms with Gasteiger partial charge in [-0.2, -0.15) is 0 Å². The Balaban J connectivity index is 1.79. The number of furan rings is 1. The van der Waals surface area contributed by atoms with Gasteiger partial charge in [0.05, 0.1) is 5.52 Å². The summed E-state index contributed by atoms with van der Waals surface area (Å²) in [5.74, 6) is 1.03. The molecule has 33 heavy (non-hydrogen) atoms. The van der Waals surface area contributed by atoms with E-state index in [9.17, 15) is 0 Å². The average molecular weight is 428 g/mol. The second-order valence-corrected chi connectivity index (χ2v) is 10.6. The summed E-state index contributed by atoms with van der Waals surface area (Å²) in [5.41, 5.74) is 3.57. The molecule has 0 saturated carbocycles. The molecule has 0 aliphatic heterocycles. The van der Waals surface area contributed by atoms with E-state index in [-0.39, 0.29) is 5.41 Å². The standard InChI is InChI=1S/C31H25NO/c1-17-25(16-31(2,3)4)27-21-11-7-10-20-23-14-18-8-5-6-9-19(18)15-24(23)29-28(26(20)21)22(12-13-32-29)30(27)33-17/h5-15H,16H2,1-4H3. The third-order valence-electron chi connectivity index (χ3n) is 7.13. The molecular formula is C31H25NO. The summed E-state index contributed by atoms with van der Waals surface area (Å²) in [6, 6.07) is 22.1. The van der Waals surface area contributed by atoms with E-state index in [1.165, 1.54) is 54.0 Å². The van der Waals surface area contributed by atoms with E-state index in [2.05, 4.69) is 88.4 Å². The van der Waals surface area contributed by atoms with Crippen LogP contribution in [0.1, 0.15) is 32.1 Å². The molecule has 0 spiro atoms.